The number of amides is 1. The number of anilines is 2. The van der Waals surface area contributed by atoms with Crippen molar-refractivity contribution in [2.24, 2.45) is 0 Å². The molecule has 2 N–H and O–H groups in total. The number of rotatable bonds is 4. The van der Waals surface area contributed by atoms with E-state index in [2.05, 4.69) is 15.1 Å². The molecule has 1 aromatic heterocycles. The molecule has 166 valence electrons. The minimum Gasteiger partial charge on any atom is -0.310 e. The molecule has 3 aromatic rings. The topological polar surface area (TPSA) is 110 Å². The number of carbonyl (C=O) groups excluding carboxylic acids is 2. The van der Waals surface area contributed by atoms with Gasteiger partial charge in [0.1, 0.15) is 11.6 Å². The second-order valence-electron chi connectivity index (χ2n) is 7.37. The number of carbonyl (C=O) groups is 2. The second-order valence-corrected chi connectivity index (χ2v) is 9.43. The molecule has 0 bridgehead atoms. The molecule has 0 saturated heterocycles. The Balaban J connectivity index is 1.81. The van der Waals surface area contributed by atoms with Gasteiger partial charge in [-0.05, 0) is 49.2 Å². The van der Waals surface area contributed by atoms with E-state index < -0.39 is 15.8 Å². The zero-order valence-corrected chi connectivity index (χ0v) is 18.6. The minimum absolute atomic E-state index is 0.0231. The molecule has 1 amide bonds. The van der Waals surface area contributed by atoms with Gasteiger partial charge in [0, 0.05) is 18.4 Å². The number of aryl methyl sites for hydroxylation is 2. The molecule has 1 aliphatic heterocycles. The third-order valence-corrected chi connectivity index (χ3v) is 6.88. The van der Waals surface area contributed by atoms with Crippen molar-refractivity contribution in [3.8, 4) is 11.1 Å². The Labute approximate surface area is 188 Å². The van der Waals surface area contributed by atoms with Crippen molar-refractivity contribution >= 4 is 44.9 Å². The van der Waals surface area contributed by atoms with Crippen LogP contribution in [-0.2, 0) is 14.8 Å². The maximum absolute atomic E-state index is 13.3. The molecule has 8 nitrogen and oxygen atoms in total. The average Bonchev–Trinajstić information content (AvgIpc) is 2.97. The molecule has 11 heteroatoms. The van der Waals surface area contributed by atoms with Gasteiger partial charge in [0.05, 0.1) is 21.3 Å². The summed E-state index contributed by atoms with van der Waals surface area (Å²) in [6.45, 7) is 3.29. The van der Waals surface area contributed by atoms with Gasteiger partial charge in [0.25, 0.3) is 10.0 Å². The molecule has 4 rings (SSSR count). The van der Waals surface area contributed by atoms with E-state index in [1.165, 1.54) is 12.1 Å². The number of benzene rings is 2. The van der Waals surface area contributed by atoms with Crippen LogP contribution in [0.5, 0.6) is 0 Å². The summed E-state index contributed by atoms with van der Waals surface area (Å²) in [4.78, 5) is 24.4. The van der Waals surface area contributed by atoms with E-state index in [-0.39, 0.29) is 46.1 Å². The lowest BCUT2D eigenvalue weighted by Crippen LogP contribution is -2.15. The summed E-state index contributed by atoms with van der Waals surface area (Å²) < 4.78 is 43.0. The van der Waals surface area contributed by atoms with Gasteiger partial charge in [-0.15, -0.1) is 0 Å². The highest BCUT2D eigenvalue weighted by Gasteiger charge is 2.27. The van der Waals surface area contributed by atoms with Crippen LogP contribution < -0.4 is 10.0 Å². The van der Waals surface area contributed by atoms with Crippen molar-refractivity contribution in [3.05, 3.63) is 58.5 Å². The van der Waals surface area contributed by atoms with Crippen molar-refractivity contribution in [3.63, 3.8) is 0 Å². The first-order valence-electron chi connectivity index (χ1n) is 9.58. The number of sulfonamides is 1. The molecule has 0 radical (unpaired) electrons. The molecule has 0 spiro atoms. The molecule has 32 heavy (non-hydrogen) atoms. The van der Waals surface area contributed by atoms with Gasteiger partial charge >= 0.3 is 0 Å². The van der Waals surface area contributed by atoms with Gasteiger partial charge in [0.15, 0.2) is 0 Å². The van der Waals surface area contributed by atoms with Crippen LogP contribution in [0.1, 0.15) is 28.9 Å². The highest BCUT2D eigenvalue weighted by atomic mass is 35.5. The summed E-state index contributed by atoms with van der Waals surface area (Å²) in [7, 11) is -4.09. The predicted molar refractivity (Wildman–Crippen MR) is 118 cm³/mol. The molecule has 0 aliphatic carbocycles. The zero-order chi connectivity index (χ0) is 23.2. The normalized spacial score (nSPS) is 14.0. The molecule has 0 atom stereocenters. The standard InChI is InChI=1S/C21H18ClFN4O4S/c1-11-3-4-13(20-12(2)25-27-19(29)8-7-18(28)24-21(20)27)9-17(11)32(30,31)26-16-6-5-14(23)10-15(16)22/h3-6,9-10,26H,7-8H2,1-2H3,(H,24,28). The van der Waals surface area contributed by atoms with E-state index in [0.29, 0.717) is 22.4 Å². The zero-order valence-electron chi connectivity index (χ0n) is 17.1. The SMILES string of the molecule is Cc1ccc(-c2c(C)nn3c2NC(=O)CCC3=O)cc1S(=O)(=O)Nc1ccc(F)cc1Cl. The summed E-state index contributed by atoms with van der Waals surface area (Å²) in [6.07, 6.45) is 0.0613. The van der Waals surface area contributed by atoms with E-state index in [1.54, 1.807) is 26.0 Å². The van der Waals surface area contributed by atoms with Crippen LogP contribution >= 0.6 is 11.6 Å². The number of hydrogen-bond acceptors (Lipinski definition) is 5. The third-order valence-electron chi connectivity index (χ3n) is 5.06. The molecular weight excluding hydrogens is 459 g/mol. The Hall–Kier alpha value is -3.24. The van der Waals surface area contributed by atoms with Gasteiger partial charge in [-0.2, -0.15) is 9.78 Å². The number of nitrogens with zero attached hydrogens (tertiary/aromatic N) is 2. The molecular formula is C21H18ClFN4O4S. The summed E-state index contributed by atoms with van der Waals surface area (Å²) in [5.41, 5.74) is 1.85. The summed E-state index contributed by atoms with van der Waals surface area (Å²) in [5.74, 6) is -1.05. The second kappa shape index (κ2) is 8.03. The number of aromatic nitrogens is 2. The van der Waals surface area contributed by atoms with Gasteiger partial charge in [-0.1, -0.05) is 23.7 Å². The number of halogens is 2. The van der Waals surface area contributed by atoms with Crippen LogP contribution in [0.25, 0.3) is 11.1 Å². The maximum atomic E-state index is 13.3. The quantitative estimate of drug-likeness (QED) is 0.588. The van der Waals surface area contributed by atoms with Crippen LogP contribution in [0.4, 0.5) is 15.9 Å². The number of nitrogens with one attached hydrogen (secondary N) is 2. The van der Waals surface area contributed by atoms with Gasteiger partial charge in [0.2, 0.25) is 11.8 Å². The molecule has 0 saturated carbocycles. The largest absolute Gasteiger partial charge is 0.310 e. The number of hydrogen-bond donors (Lipinski definition) is 2. The van der Waals surface area contributed by atoms with Crippen molar-refractivity contribution in [2.45, 2.75) is 31.6 Å². The molecule has 1 aliphatic rings. The maximum Gasteiger partial charge on any atom is 0.262 e. The van der Waals surface area contributed by atoms with E-state index in [1.807, 2.05) is 0 Å². The molecule has 2 aromatic carbocycles. The van der Waals surface area contributed by atoms with Crippen LogP contribution in [0, 0.1) is 19.7 Å². The summed E-state index contributed by atoms with van der Waals surface area (Å²) in [6, 6.07) is 8.07. The van der Waals surface area contributed by atoms with E-state index in [0.717, 1.165) is 16.8 Å². The average molecular weight is 477 g/mol. The first-order chi connectivity index (χ1) is 15.1. The molecule has 0 fully saturated rings. The van der Waals surface area contributed by atoms with Crippen LogP contribution in [-0.4, -0.2) is 30.0 Å². The fraction of sp³-hybridized carbons (Fsp3) is 0.190. The summed E-state index contributed by atoms with van der Waals surface area (Å²) in [5, 5.41) is 6.85. The van der Waals surface area contributed by atoms with E-state index >= 15 is 0 Å². The lowest BCUT2D eigenvalue weighted by molar-refractivity contribution is -0.116. The highest BCUT2D eigenvalue weighted by Crippen LogP contribution is 2.35. The van der Waals surface area contributed by atoms with E-state index in [4.69, 9.17) is 11.6 Å². The molecule has 0 unspecified atom stereocenters. The fourth-order valence-corrected chi connectivity index (χ4v) is 5.13. The Morgan fingerprint density at radius 2 is 1.88 bits per heavy atom. The lowest BCUT2D eigenvalue weighted by Gasteiger charge is -2.14. The summed E-state index contributed by atoms with van der Waals surface area (Å²) >= 11 is 5.97. The van der Waals surface area contributed by atoms with Gasteiger partial charge in [-0.3, -0.25) is 14.3 Å². The van der Waals surface area contributed by atoms with Crippen molar-refractivity contribution in [2.75, 3.05) is 10.0 Å². The van der Waals surface area contributed by atoms with Crippen molar-refractivity contribution in [1.29, 1.82) is 0 Å². The highest BCUT2D eigenvalue weighted by molar-refractivity contribution is 7.92. The number of fused-ring (bicyclic) bond motifs is 1. The first-order valence-corrected chi connectivity index (χ1v) is 11.4. The molecule has 2 heterocycles. The lowest BCUT2D eigenvalue weighted by atomic mass is 10.0. The van der Waals surface area contributed by atoms with Gasteiger partial charge in [-0.25, -0.2) is 12.8 Å². The smallest absolute Gasteiger partial charge is 0.262 e. The Kier molecular flexibility index (Phi) is 5.51. The van der Waals surface area contributed by atoms with E-state index in [9.17, 15) is 22.4 Å². The van der Waals surface area contributed by atoms with Crippen molar-refractivity contribution < 1.29 is 22.4 Å². The van der Waals surface area contributed by atoms with Crippen LogP contribution in [0.2, 0.25) is 5.02 Å². The first kappa shape index (κ1) is 22.0. The third kappa shape index (κ3) is 3.98. The van der Waals surface area contributed by atoms with Crippen LogP contribution in [0.3, 0.4) is 0 Å². The minimum atomic E-state index is -4.09. The van der Waals surface area contributed by atoms with Crippen LogP contribution in [0.15, 0.2) is 41.3 Å². The Morgan fingerprint density at radius 1 is 1.12 bits per heavy atom. The monoisotopic (exact) mass is 476 g/mol. The Morgan fingerprint density at radius 3 is 2.59 bits per heavy atom. The van der Waals surface area contributed by atoms with Gasteiger partial charge < -0.3 is 5.32 Å². The van der Waals surface area contributed by atoms with Crippen molar-refractivity contribution in [1.82, 2.24) is 9.78 Å². The predicted octanol–water partition coefficient (Wildman–Crippen LogP) is 4.13. The fourth-order valence-electron chi connectivity index (χ4n) is 3.51. The Bertz CT molecular complexity index is 1380.